The second-order valence-corrected chi connectivity index (χ2v) is 5.79. The molecule has 102 valence electrons. The summed E-state index contributed by atoms with van der Waals surface area (Å²) in [6.07, 6.45) is 3.02. The van der Waals surface area contributed by atoms with Gasteiger partial charge in [-0.15, -0.1) is 0 Å². The van der Waals surface area contributed by atoms with Gasteiger partial charge in [-0.25, -0.2) is 0 Å². The highest BCUT2D eigenvalue weighted by atomic mass is 79.9. The second kappa shape index (κ2) is 6.44. The van der Waals surface area contributed by atoms with E-state index in [0.29, 0.717) is 5.02 Å². The monoisotopic (exact) mass is 370 g/mol. The van der Waals surface area contributed by atoms with Gasteiger partial charge in [0.2, 0.25) is 0 Å². The zero-order chi connectivity index (χ0) is 14.7. The van der Waals surface area contributed by atoms with Gasteiger partial charge < -0.3 is 5.11 Å². The summed E-state index contributed by atoms with van der Waals surface area (Å²) in [5, 5.41) is 10.1. The highest BCUT2D eigenvalue weighted by Gasteiger charge is 2.13. The van der Waals surface area contributed by atoms with Crippen LogP contribution in [0.2, 0.25) is 10.0 Å². The number of allylic oxidation sites excluding steroid dienone is 1. The van der Waals surface area contributed by atoms with Crippen molar-refractivity contribution in [3.63, 3.8) is 0 Å². The van der Waals surface area contributed by atoms with Crippen molar-refractivity contribution in [1.82, 2.24) is 0 Å². The molecule has 0 aliphatic heterocycles. The molecule has 0 spiro atoms. The van der Waals surface area contributed by atoms with Crippen molar-refractivity contribution >= 4 is 51.0 Å². The topological polar surface area (TPSA) is 37.3 Å². The molecule has 2 nitrogen and oxygen atoms in total. The highest BCUT2D eigenvalue weighted by Crippen LogP contribution is 2.31. The second-order valence-electron chi connectivity index (χ2n) is 4.03. The van der Waals surface area contributed by atoms with E-state index < -0.39 is 0 Å². The first-order chi connectivity index (χ1) is 9.47. The Labute approximate surface area is 134 Å². The van der Waals surface area contributed by atoms with E-state index in [4.69, 9.17) is 23.2 Å². The SMILES string of the molecule is O=C(C=Cc1ccc(Br)cc1)c1cc(Cl)cc(Cl)c1O. The van der Waals surface area contributed by atoms with Gasteiger partial charge in [0.1, 0.15) is 5.75 Å². The number of phenolic OH excluding ortho intramolecular Hbond substituents is 1. The Morgan fingerprint density at radius 1 is 1.15 bits per heavy atom. The zero-order valence-electron chi connectivity index (χ0n) is 10.1. The molecule has 2 rings (SSSR count). The number of phenols is 1. The largest absolute Gasteiger partial charge is 0.506 e. The van der Waals surface area contributed by atoms with E-state index in [0.717, 1.165) is 10.0 Å². The Kier molecular flexibility index (Phi) is 4.86. The van der Waals surface area contributed by atoms with Gasteiger partial charge in [0.15, 0.2) is 5.78 Å². The molecule has 2 aromatic rings. The van der Waals surface area contributed by atoms with Crippen LogP contribution < -0.4 is 0 Å². The molecule has 0 fully saturated rings. The lowest BCUT2D eigenvalue weighted by Crippen LogP contribution is -1.95. The molecule has 0 saturated heterocycles. The molecule has 0 amide bonds. The molecule has 1 N–H and O–H groups in total. The maximum Gasteiger partial charge on any atom is 0.189 e. The van der Waals surface area contributed by atoms with Crippen LogP contribution in [0.1, 0.15) is 15.9 Å². The first-order valence-electron chi connectivity index (χ1n) is 5.63. The van der Waals surface area contributed by atoms with E-state index in [1.807, 2.05) is 24.3 Å². The van der Waals surface area contributed by atoms with Crippen molar-refractivity contribution in [2.75, 3.05) is 0 Å². The lowest BCUT2D eigenvalue weighted by molar-refractivity contribution is 0.104. The highest BCUT2D eigenvalue weighted by molar-refractivity contribution is 9.10. The molecule has 5 heteroatoms. The van der Waals surface area contributed by atoms with E-state index in [1.165, 1.54) is 18.2 Å². The van der Waals surface area contributed by atoms with Gasteiger partial charge in [-0.2, -0.15) is 0 Å². The van der Waals surface area contributed by atoms with Crippen LogP contribution in [0.4, 0.5) is 0 Å². The molecule has 20 heavy (non-hydrogen) atoms. The van der Waals surface area contributed by atoms with E-state index in [9.17, 15) is 9.90 Å². The number of carbonyl (C=O) groups excluding carboxylic acids is 1. The minimum absolute atomic E-state index is 0.0536. The van der Waals surface area contributed by atoms with Crippen LogP contribution >= 0.6 is 39.1 Å². The van der Waals surface area contributed by atoms with E-state index in [-0.39, 0.29) is 22.1 Å². The van der Waals surface area contributed by atoms with Gasteiger partial charge in [0.25, 0.3) is 0 Å². The van der Waals surface area contributed by atoms with Gasteiger partial charge in [0.05, 0.1) is 10.6 Å². The van der Waals surface area contributed by atoms with Gasteiger partial charge in [-0.3, -0.25) is 4.79 Å². The molecule has 2 aromatic carbocycles. The van der Waals surface area contributed by atoms with Crippen LogP contribution in [-0.2, 0) is 0 Å². The van der Waals surface area contributed by atoms with Gasteiger partial charge in [-0.1, -0.05) is 57.3 Å². The van der Waals surface area contributed by atoms with Crippen molar-refractivity contribution in [3.8, 4) is 5.75 Å². The molecule has 0 bridgehead atoms. The minimum atomic E-state index is -0.366. The number of ketones is 1. The zero-order valence-corrected chi connectivity index (χ0v) is 13.2. The smallest absolute Gasteiger partial charge is 0.189 e. The lowest BCUT2D eigenvalue weighted by atomic mass is 10.1. The van der Waals surface area contributed by atoms with Crippen molar-refractivity contribution in [3.05, 3.63) is 68.1 Å². The number of hydrogen-bond donors (Lipinski definition) is 1. The average Bonchev–Trinajstić information content (AvgIpc) is 2.42. The van der Waals surface area contributed by atoms with Gasteiger partial charge in [-0.05, 0) is 35.9 Å². The molecule has 0 unspecified atom stereocenters. The van der Waals surface area contributed by atoms with Crippen molar-refractivity contribution in [1.29, 1.82) is 0 Å². The molecule has 0 aliphatic rings. The molecule has 0 saturated carbocycles. The summed E-state index contributed by atoms with van der Waals surface area (Å²) in [4.78, 5) is 12.0. The quantitative estimate of drug-likeness (QED) is 0.582. The first-order valence-corrected chi connectivity index (χ1v) is 7.18. The maximum absolute atomic E-state index is 12.0. The van der Waals surface area contributed by atoms with E-state index in [1.54, 1.807) is 6.08 Å². The van der Waals surface area contributed by atoms with Crippen LogP contribution in [0.25, 0.3) is 6.08 Å². The Morgan fingerprint density at radius 3 is 2.45 bits per heavy atom. The summed E-state index contributed by atoms with van der Waals surface area (Å²) < 4.78 is 0.959. The summed E-state index contributed by atoms with van der Waals surface area (Å²) in [6, 6.07) is 10.2. The van der Waals surface area contributed by atoms with Crippen LogP contribution in [0.3, 0.4) is 0 Å². The van der Waals surface area contributed by atoms with Crippen LogP contribution in [0.15, 0.2) is 46.9 Å². The molecule has 0 aliphatic carbocycles. The van der Waals surface area contributed by atoms with Crippen molar-refractivity contribution < 1.29 is 9.90 Å². The molecule has 0 aromatic heterocycles. The fourth-order valence-corrected chi connectivity index (χ4v) is 2.35. The summed E-state index contributed by atoms with van der Waals surface area (Å²) in [7, 11) is 0. The Bertz CT molecular complexity index is 679. The van der Waals surface area contributed by atoms with Gasteiger partial charge >= 0.3 is 0 Å². The van der Waals surface area contributed by atoms with E-state index in [2.05, 4.69) is 15.9 Å². The molecule has 0 radical (unpaired) electrons. The summed E-state index contributed by atoms with van der Waals surface area (Å²) in [5.74, 6) is -0.628. The number of rotatable bonds is 3. The fraction of sp³-hybridized carbons (Fsp3) is 0. The normalized spacial score (nSPS) is 10.9. The fourth-order valence-electron chi connectivity index (χ4n) is 1.59. The number of aromatic hydroxyl groups is 1. The number of benzene rings is 2. The maximum atomic E-state index is 12.0. The number of halogens is 3. The summed E-state index contributed by atoms with van der Waals surface area (Å²) in [6.45, 7) is 0. The Hall–Kier alpha value is -1.29. The standard InChI is InChI=1S/C15H9BrCl2O2/c16-10-4-1-9(2-5-10)3-6-14(19)12-7-11(17)8-13(18)15(12)20/h1-8,20H. The first kappa shape index (κ1) is 15.1. The van der Waals surface area contributed by atoms with Crippen LogP contribution in [0, 0.1) is 0 Å². The molecule has 0 atom stereocenters. The molecular weight excluding hydrogens is 363 g/mol. The Morgan fingerprint density at radius 2 is 1.80 bits per heavy atom. The third kappa shape index (κ3) is 3.63. The van der Waals surface area contributed by atoms with E-state index >= 15 is 0 Å². The predicted octanol–water partition coefficient (Wildman–Crippen LogP) is 5.36. The summed E-state index contributed by atoms with van der Waals surface area (Å²) >= 11 is 14.9. The lowest BCUT2D eigenvalue weighted by Gasteiger charge is -2.03. The minimum Gasteiger partial charge on any atom is -0.506 e. The Balaban J connectivity index is 2.26. The van der Waals surface area contributed by atoms with Crippen LogP contribution in [-0.4, -0.2) is 10.9 Å². The van der Waals surface area contributed by atoms with Crippen LogP contribution in [0.5, 0.6) is 5.75 Å². The number of carbonyl (C=O) groups is 1. The molecule has 0 heterocycles. The average molecular weight is 372 g/mol. The van der Waals surface area contributed by atoms with Crippen molar-refractivity contribution in [2.24, 2.45) is 0 Å². The predicted molar refractivity (Wildman–Crippen MR) is 85.6 cm³/mol. The molecular formula is C15H9BrCl2O2. The summed E-state index contributed by atoms with van der Waals surface area (Å²) in [5.41, 5.74) is 0.949. The van der Waals surface area contributed by atoms with Gasteiger partial charge in [0, 0.05) is 9.50 Å². The van der Waals surface area contributed by atoms with Crippen molar-refractivity contribution in [2.45, 2.75) is 0 Å². The third-order valence-electron chi connectivity index (χ3n) is 2.59. The number of hydrogen-bond acceptors (Lipinski definition) is 2. The third-order valence-corrected chi connectivity index (χ3v) is 3.63.